The van der Waals surface area contributed by atoms with Crippen molar-refractivity contribution in [1.29, 1.82) is 0 Å². The molecule has 5 heteroatoms. The number of halogens is 2. The zero-order valence-corrected chi connectivity index (χ0v) is 11.4. The fourth-order valence-electron chi connectivity index (χ4n) is 1.62. The number of nitrogens with one attached hydrogen (secondary N) is 1. The van der Waals surface area contributed by atoms with Crippen molar-refractivity contribution in [2.24, 2.45) is 0 Å². The Morgan fingerprint density at radius 3 is 2.40 bits per heavy atom. The molecule has 0 fully saturated rings. The summed E-state index contributed by atoms with van der Waals surface area (Å²) in [6, 6.07) is 10.7. The molecule has 0 aromatic heterocycles. The SMILES string of the molecule is Cc1ccc(C(=O)C(=O)Nc2cccc(Cl)c2F)cc1. The van der Waals surface area contributed by atoms with E-state index < -0.39 is 17.5 Å². The predicted molar refractivity (Wildman–Crippen MR) is 75.5 cm³/mol. The summed E-state index contributed by atoms with van der Waals surface area (Å²) >= 11 is 5.60. The topological polar surface area (TPSA) is 46.2 Å². The number of ketones is 1. The highest BCUT2D eigenvalue weighted by molar-refractivity contribution is 6.46. The molecule has 20 heavy (non-hydrogen) atoms. The molecule has 2 aromatic carbocycles. The number of anilines is 1. The van der Waals surface area contributed by atoms with Gasteiger partial charge in [0, 0.05) is 5.56 Å². The predicted octanol–water partition coefficient (Wildman–Crippen LogP) is 3.61. The molecule has 0 aliphatic carbocycles. The highest BCUT2D eigenvalue weighted by Crippen LogP contribution is 2.22. The number of hydrogen-bond donors (Lipinski definition) is 1. The Kier molecular flexibility index (Phi) is 4.15. The number of rotatable bonds is 3. The van der Waals surface area contributed by atoms with Gasteiger partial charge in [0.2, 0.25) is 0 Å². The molecule has 0 spiro atoms. The Hall–Kier alpha value is -2.20. The largest absolute Gasteiger partial charge is 0.317 e. The number of Topliss-reactive ketones (excluding diaryl/α,β-unsaturated/α-hetero) is 1. The van der Waals surface area contributed by atoms with E-state index in [4.69, 9.17) is 11.6 Å². The van der Waals surface area contributed by atoms with Gasteiger partial charge in [0.25, 0.3) is 11.7 Å². The third kappa shape index (κ3) is 3.03. The maximum absolute atomic E-state index is 13.6. The van der Waals surface area contributed by atoms with Gasteiger partial charge in [-0.3, -0.25) is 9.59 Å². The third-order valence-corrected chi connectivity index (χ3v) is 3.01. The number of amides is 1. The minimum atomic E-state index is -0.907. The molecule has 0 atom stereocenters. The highest BCUT2D eigenvalue weighted by atomic mass is 35.5. The first-order chi connectivity index (χ1) is 9.49. The smallest absolute Gasteiger partial charge is 0.296 e. The van der Waals surface area contributed by atoms with Gasteiger partial charge in [-0.1, -0.05) is 47.5 Å². The molecule has 0 radical (unpaired) electrons. The van der Waals surface area contributed by atoms with E-state index in [9.17, 15) is 14.0 Å². The van der Waals surface area contributed by atoms with Crippen molar-refractivity contribution in [1.82, 2.24) is 0 Å². The summed E-state index contributed by atoms with van der Waals surface area (Å²) in [6.45, 7) is 1.87. The van der Waals surface area contributed by atoms with Gasteiger partial charge in [-0.05, 0) is 19.1 Å². The maximum Gasteiger partial charge on any atom is 0.296 e. The standard InChI is InChI=1S/C15H11ClFNO2/c1-9-5-7-10(8-6-9)14(19)15(20)18-12-4-2-3-11(16)13(12)17/h2-8H,1H3,(H,18,20). The van der Waals surface area contributed by atoms with Crippen molar-refractivity contribution in [3.63, 3.8) is 0 Å². The zero-order chi connectivity index (χ0) is 14.7. The van der Waals surface area contributed by atoms with Crippen LogP contribution in [0.5, 0.6) is 0 Å². The van der Waals surface area contributed by atoms with Crippen molar-refractivity contribution in [2.45, 2.75) is 6.92 Å². The fourth-order valence-corrected chi connectivity index (χ4v) is 1.79. The molecule has 0 bridgehead atoms. The van der Waals surface area contributed by atoms with Crippen LogP contribution in [0.2, 0.25) is 5.02 Å². The molecule has 1 N–H and O–H groups in total. The highest BCUT2D eigenvalue weighted by Gasteiger charge is 2.18. The van der Waals surface area contributed by atoms with Crippen molar-refractivity contribution in [3.8, 4) is 0 Å². The molecule has 0 unspecified atom stereocenters. The molecule has 2 rings (SSSR count). The van der Waals surface area contributed by atoms with Crippen LogP contribution in [0, 0.1) is 12.7 Å². The Bertz CT molecular complexity index is 668. The van der Waals surface area contributed by atoms with E-state index in [-0.39, 0.29) is 16.3 Å². The van der Waals surface area contributed by atoms with Crippen LogP contribution in [-0.4, -0.2) is 11.7 Å². The van der Waals surface area contributed by atoms with Crippen LogP contribution >= 0.6 is 11.6 Å². The van der Waals surface area contributed by atoms with Crippen LogP contribution < -0.4 is 5.32 Å². The quantitative estimate of drug-likeness (QED) is 0.693. The van der Waals surface area contributed by atoms with Gasteiger partial charge >= 0.3 is 0 Å². The Balaban J connectivity index is 2.18. The van der Waals surface area contributed by atoms with Crippen molar-refractivity contribution in [2.75, 3.05) is 5.32 Å². The third-order valence-electron chi connectivity index (χ3n) is 2.72. The van der Waals surface area contributed by atoms with Gasteiger partial charge in [-0.25, -0.2) is 4.39 Å². The second kappa shape index (κ2) is 5.84. The summed E-state index contributed by atoms with van der Waals surface area (Å²) in [5.41, 5.74) is 1.10. The van der Waals surface area contributed by atoms with Crippen molar-refractivity contribution < 1.29 is 14.0 Å². The molecule has 3 nitrogen and oxygen atoms in total. The minimum absolute atomic E-state index is 0.120. The van der Waals surface area contributed by atoms with Gasteiger partial charge in [0.15, 0.2) is 5.82 Å². The Morgan fingerprint density at radius 1 is 1.10 bits per heavy atom. The van der Waals surface area contributed by atoms with E-state index in [0.29, 0.717) is 0 Å². The molecule has 2 aromatic rings. The Labute approximate surface area is 120 Å². The van der Waals surface area contributed by atoms with Crippen molar-refractivity contribution >= 4 is 29.0 Å². The normalized spacial score (nSPS) is 10.2. The molecule has 0 aliphatic heterocycles. The average molecular weight is 292 g/mol. The van der Waals surface area contributed by atoms with E-state index in [0.717, 1.165) is 5.56 Å². The zero-order valence-electron chi connectivity index (χ0n) is 10.6. The maximum atomic E-state index is 13.6. The van der Waals surface area contributed by atoms with E-state index in [1.807, 2.05) is 6.92 Å². The molecular formula is C15H11ClFNO2. The van der Waals surface area contributed by atoms with Crippen LogP contribution in [0.1, 0.15) is 15.9 Å². The number of hydrogen-bond acceptors (Lipinski definition) is 2. The molecule has 0 saturated carbocycles. The minimum Gasteiger partial charge on any atom is -0.317 e. The van der Waals surface area contributed by atoms with Gasteiger partial charge in [-0.2, -0.15) is 0 Å². The first-order valence-electron chi connectivity index (χ1n) is 5.85. The van der Waals surface area contributed by atoms with Crippen LogP contribution in [-0.2, 0) is 4.79 Å². The molecule has 0 aliphatic rings. The molecular weight excluding hydrogens is 281 g/mol. The Morgan fingerprint density at radius 2 is 1.75 bits per heavy atom. The summed E-state index contributed by atoms with van der Waals surface area (Å²) < 4.78 is 13.6. The first kappa shape index (κ1) is 14.2. The molecule has 0 saturated heterocycles. The van der Waals surface area contributed by atoms with Gasteiger partial charge in [0.1, 0.15) is 0 Å². The van der Waals surface area contributed by atoms with E-state index in [1.54, 1.807) is 24.3 Å². The second-order valence-corrected chi connectivity index (χ2v) is 4.66. The number of benzene rings is 2. The first-order valence-corrected chi connectivity index (χ1v) is 6.23. The van der Waals surface area contributed by atoms with E-state index in [1.165, 1.54) is 18.2 Å². The lowest BCUT2D eigenvalue weighted by atomic mass is 10.1. The number of aryl methyl sites for hydroxylation is 1. The summed E-state index contributed by atoms with van der Waals surface area (Å²) in [5, 5.41) is 2.10. The van der Waals surface area contributed by atoms with E-state index >= 15 is 0 Å². The number of carbonyl (C=O) groups is 2. The fraction of sp³-hybridized carbons (Fsp3) is 0.0667. The monoisotopic (exact) mass is 291 g/mol. The molecule has 0 heterocycles. The molecule has 1 amide bonds. The number of carbonyl (C=O) groups excluding carboxylic acids is 2. The van der Waals surface area contributed by atoms with Crippen molar-refractivity contribution in [3.05, 3.63) is 64.4 Å². The average Bonchev–Trinajstić information content (AvgIpc) is 2.44. The van der Waals surface area contributed by atoms with E-state index in [2.05, 4.69) is 5.32 Å². The van der Waals surface area contributed by atoms with Crippen LogP contribution in [0.25, 0.3) is 0 Å². The van der Waals surface area contributed by atoms with Gasteiger partial charge in [0.05, 0.1) is 10.7 Å². The summed E-state index contributed by atoms with van der Waals surface area (Å²) in [5.74, 6) is -2.40. The van der Waals surface area contributed by atoms with Crippen LogP contribution in [0.4, 0.5) is 10.1 Å². The summed E-state index contributed by atoms with van der Waals surface area (Å²) in [6.07, 6.45) is 0. The van der Waals surface area contributed by atoms with Crippen LogP contribution in [0.15, 0.2) is 42.5 Å². The summed E-state index contributed by atoms with van der Waals surface area (Å²) in [7, 11) is 0. The summed E-state index contributed by atoms with van der Waals surface area (Å²) in [4.78, 5) is 23.7. The van der Waals surface area contributed by atoms with Gasteiger partial charge < -0.3 is 5.32 Å². The lowest BCUT2D eigenvalue weighted by molar-refractivity contribution is -0.112. The lowest BCUT2D eigenvalue weighted by Gasteiger charge is -2.06. The van der Waals surface area contributed by atoms with Crippen LogP contribution in [0.3, 0.4) is 0 Å². The second-order valence-electron chi connectivity index (χ2n) is 4.25. The van der Waals surface area contributed by atoms with Gasteiger partial charge in [-0.15, -0.1) is 0 Å². The lowest BCUT2D eigenvalue weighted by Crippen LogP contribution is -2.23. The molecule has 102 valence electrons.